The molecule has 0 aliphatic carbocycles. The molecule has 1 aromatic carbocycles. The van der Waals surface area contributed by atoms with Crippen LogP contribution in [-0.2, 0) is 18.9 Å². The summed E-state index contributed by atoms with van der Waals surface area (Å²) in [4.78, 5) is 2.29. The number of likely N-dealkylation sites (tertiary alicyclic amines) is 1. The molecule has 1 aromatic rings. The Morgan fingerprint density at radius 2 is 1.84 bits per heavy atom. The zero-order chi connectivity index (χ0) is 17.2. The number of aliphatic hydroxyl groups is 1. The molecule has 4 rings (SSSR count). The number of piperidine rings is 1. The minimum absolute atomic E-state index is 0.207. The molecular weight excluding hydrogens is 322 g/mol. The van der Waals surface area contributed by atoms with Crippen LogP contribution in [0.4, 0.5) is 0 Å². The van der Waals surface area contributed by atoms with Crippen molar-refractivity contribution in [3.8, 4) is 0 Å². The maximum absolute atomic E-state index is 11.1. The van der Waals surface area contributed by atoms with Crippen molar-refractivity contribution >= 4 is 0 Å². The molecule has 6 heteroatoms. The van der Waals surface area contributed by atoms with Crippen molar-refractivity contribution in [3.63, 3.8) is 0 Å². The van der Waals surface area contributed by atoms with E-state index < -0.39 is 24.8 Å². The van der Waals surface area contributed by atoms with Gasteiger partial charge in [0.2, 0.25) is 0 Å². The normalized spacial score (nSPS) is 39.8. The van der Waals surface area contributed by atoms with Crippen molar-refractivity contribution in [2.75, 3.05) is 26.8 Å². The summed E-state index contributed by atoms with van der Waals surface area (Å²) in [5.41, 5.74) is 0.955. The van der Waals surface area contributed by atoms with E-state index in [-0.39, 0.29) is 12.1 Å². The summed E-state index contributed by atoms with van der Waals surface area (Å²) in [5.74, 6) is 0. The molecule has 0 spiro atoms. The SMILES string of the molecule is CO[C@H]1O[C@@H]2COC(c3ccccc3)O[C@H]2[C@@H](O)[C@H]1N1CCCCC1. The monoisotopic (exact) mass is 349 g/mol. The Morgan fingerprint density at radius 3 is 2.56 bits per heavy atom. The molecule has 3 aliphatic heterocycles. The lowest BCUT2D eigenvalue weighted by atomic mass is 9.93. The lowest BCUT2D eigenvalue weighted by Crippen LogP contribution is -2.67. The molecule has 3 fully saturated rings. The van der Waals surface area contributed by atoms with Gasteiger partial charge in [0.05, 0.1) is 12.6 Å². The molecule has 3 saturated heterocycles. The highest BCUT2D eigenvalue weighted by Crippen LogP contribution is 2.36. The molecule has 0 radical (unpaired) electrons. The zero-order valence-corrected chi connectivity index (χ0v) is 14.6. The van der Waals surface area contributed by atoms with Crippen LogP contribution in [0.25, 0.3) is 0 Å². The number of fused-ring (bicyclic) bond motifs is 1. The van der Waals surface area contributed by atoms with E-state index in [1.54, 1.807) is 7.11 Å². The van der Waals surface area contributed by atoms with Gasteiger partial charge in [-0.25, -0.2) is 0 Å². The fraction of sp³-hybridized carbons (Fsp3) is 0.684. The molecule has 6 nitrogen and oxygen atoms in total. The van der Waals surface area contributed by atoms with Crippen LogP contribution < -0.4 is 0 Å². The van der Waals surface area contributed by atoms with Gasteiger partial charge in [-0.3, -0.25) is 4.90 Å². The van der Waals surface area contributed by atoms with Gasteiger partial charge < -0.3 is 24.1 Å². The average molecular weight is 349 g/mol. The second kappa shape index (κ2) is 7.70. The summed E-state index contributed by atoms with van der Waals surface area (Å²) in [6.45, 7) is 2.30. The van der Waals surface area contributed by atoms with Crippen LogP contribution in [0.15, 0.2) is 30.3 Å². The zero-order valence-electron chi connectivity index (χ0n) is 14.6. The molecular formula is C19H27NO5. The minimum Gasteiger partial charge on any atom is -0.388 e. The Kier molecular flexibility index (Phi) is 5.36. The van der Waals surface area contributed by atoms with Gasteiger partial charge in [0, 0.05) is 12.7 Å². The Morgan fingerprint density at radius 1 is 1.08 bits per heavy atom. The van der Waals surface area contributed by atoms with Gasteiger partial charge in [-0.2, -0.15) is 0 Å². The minimum atomic E-state index is -0.670. The quantitative estimate of drug-likeness (QED) is 0.896. The first-order valence-electron chi connectivity index (χ1n) is 9.20. The van der Waals surface area contributed by atoms with Gasteiger partial charge in [0.1, 0.15) is 18.3 Å². The molecule has 0 saturated carbocycles. The molecule has 0 bridgehead atoms. The van der Waals surface area contributed by atoms with Gasteiger partial charge in [-0.05, 0) is 25.9 Å². The number of hydrogen-bond donors (Lipinski definition) is 1. The Labute approximate surface area is 148 Å². The van der Waals surface area contributed by atoms with Crippen molar-refractivity contribution < 1.29 is 24.1 Å². The predicted octanol–water partition coefficient (Wildman–Crippen LogP) is 1.69. The highest BCUT2D eigenvalue weighted by molar-refractivity contribution is 5.16. The summed E-state index contributed by atoms with van der Waals surface area (Å²) < 4.78 is 23.6. The molecule has 3 aliphatic rings. The van der Waals surface area contributed by atoms with Crippen LogP contribution in [0.2, 0.25) is 0 Å². The van der Waals surface area contributed by atoms with Gasteiger partial charge in [-0.15, -0.1) is 0 Å². The molecule has 1 N–H and O–H groups in total. The lowest BCUT2D eigenvalue weighted by Gasteiger charge is -2.51. The number of hydrogen-bond acceptors (Lipinski definition) is 6. The van der Waals surface area contributed by atoms with Gasteiger partial charge in [0.25, 0.3) is 0 Å². The Balaban J connectivity index is 1.52. The van der Waals surface area contributed by atoms with Crippen LogP contribution in [0.1, 0.15) is 31.1 Å². The second-order valence-corrected chi connectivity index (χ2v) is 7.03. The summed E-state index contributed by atoms with van der Waals surface area (Å²) >= 11 is 0. The van der Waals surface area contributed by atoms with Gasteiger partial charge >= 0.3 is 0 Å². The number of aliphatic hydroxyl groups excluding tert-OH is 1. The second-order valence-electron chi connectivity index (χ2n) is 7.03. The number of ether oxygens (including phenoxy) is 4. The van der Waals surface area contributed by atoms with E-state index in [4.69, 9.17) is 18.9 Å². The number of rotatable bonds is 3. The predicted molar refractivity (Wildman–Crippen MR) is 90.9 cm³/mol. The maximum atomic E-state index is 11.1. The van der Waals surface area contributed by atoms with Crippen LogP contribution in [-0.4, -0.2) is 67.5 Å². The number of benzene rings is 1. The highest BCUT2D eigenvalue weighted by atomic mass is 16.7. The lowest BCUT2D eigenvalue weighted by molar-refractivity contribution is -0.350. The Bertz CT molecular complexity index is 550. The molecule has 6 atom stereocenters. The third kappa shape index (κ3) is 3.47. The summed E-state index contributed by atoms with van der Waals surface area (Å²) in [7, 11) is 1.63. The van der Waals surface area contributed by atoms with Crippen molar-refractivity contribution in [1.29, 1.82) is 0 Å². The first kappa shape index (κ1) is 17.4. The largest absolute Gasteiger partial charge is 0.388 e. The fourth-order valence-corrected chi connectivity index (χ4v) is 4.16. The van der Waals surface area contributed by atoms with Crippen molar-refractivity contribution in [1.82, 2.24) is 4.90 Å². The topological polar surface area (TPSA) is 60.4 Å². The van der Waals surface area contributed by atoms with Gasteiger partial charge in [0.15, 0.2) is 12.6 Å². The Hall–Kier alpha value is -1.02. The highest BCUT2D eigenvalue weighted by Gasteiger charge is 2.51. The fourth-order valence-electron chi connectivity index (χ4n) is 4.16. The molecule has 25 heavy (non-hydrogen) atoms. The van der Waals surface area contributed by atoms with E-state index in [0.717, 1.165) is 31.5 Å². The number of methoxy groups -OCH3 is 1. The maximum Gasteiger partial charge on any atom is 0.184 e. The van der Waals surface area contributed by atoms with E-state index >= 15 is 0 Å². The molecule has 3 heterocycles. The van der Waals surface area contributed by atoms with E-state index in [9.17, 15) is 5.11 Å². The number of nitrogens with zero attached hydrogens (tertiary/aromatic N) is 1. The van der Waals surface area contributed by atoms with Crippen LogP contribution in [0, 0.1) is 0 Å². The van der Waals surface area contributed by atoms with Crippen LogP contribution >= 0.6 is 0 Å². The van der Waals surface area contributed by atoms with E-state index in [1.165, 1.54) is 6.42 Å². The van der Waals surface area contributed by atoms with E-state index in [2.05, 4.69) is 4.90 Å². The van der Waals surface area contributed by atoms with Crippen molar-refractivity contribution in [3.05, 3.63) is 35.9 Å². The van der Waals surface area contributed by atoms with E-state index in [1.807, 2.05) is 30.3 Å². The first-order chi connectivity index (χ1) is 12.3. The van der Waals surface area contributed by atoms with Crippen molar-refractivity contribution in [2.24, 2.45) is 0 Å². The smallest absolute Gasteiger partial charge is 0.184 e. The average Bonchev–Trinajstić information content (AvgIpc) is 2.69. The standard InChI is InChI=1S/C19H27NO5/c1-22-19-15(20-10-6-3-7-11-20)16(21)17-14(24-19)12-23-18(25-17)13-8-4-2-5-9-13/h2,4-5,8-9,14-19,21H,3,6-7,10-12H2,1H3/t14-,15-,16+,17-,18?,19+/m1/s1. The molecule has 1 unspecified atom stereocenters. The molecule has 0 amide bonds. The summed E-state index contributed by atoms with van der Waals surface area (Å²) in [6.07, 6.45) is 1.19. The summed E-state index contributed by atoms with van der Waals surface area (Å²) in [6, 6.07) is 9.62. The third-order valence-electron chi connectivity index (χ3n) is 5.45. The van der Waals surface area contributed by atoms with Crippen LogP contribution in [0.3, 0.4) is 0 Å². The molecule has 138 valence electrons. The first-order valence-corrected chi connectivity index (χ1v) is 9.20. The van der Waals surface area contributed by atoms with Crippen molar-refractivity contribution in [2.45, 2.75) is 56.2 Å². The summed E-state index contributed by atoms with van der Waals surface area (Å²) in [5, 5.41) is 11.1. The van der Waals surface area contributed by atoms with Gasteiger partial charge in [-0.1, -0.05) is 36.8 Å². The van der Waals surface area contributed by atoms with Crippen LogP contribution in [0.5, 0.6) is 0 Å². The van der Waals surface area contributed by atoms with E-state index in [0.29, 0.717) is 6.61 Å². The third-order valence-corrected chi connectivity index (χ3v) is 5.45. The molecule has 0 aromatic heterocycles.